The molecule has 1 aliphatic heterocycles. The van der Waals surface area contributed by atoms with Crippen LogP contribution in [0.5, 0.6) is 5.75 Å². The van der Waals surface area contributed by atoms with Crippen LogP contribution < -0.4 is 10.2 Å². The van der Waals surface area contributed by atoms with Gasteiger partial charge in [-0.2, -0.15) is 0 Å². The number of hydrogen-bond donors (Lipinski definition) is 3. The fraction of sp³-hybridized carbons (Fsp3) is 0.520. The zero-order valence-corrected chi connectivity index (χ0v) is 19.2. The molecular weight excluding hydrogens is 426 g/mol. The van der Waals surface area contributed by atoms with Gasteiger partial charge in [-0.25, -0.2) is 4.79 Å². The summed E-state index contributed by atoms with van der Waals surface area (Å²) in [6.07, 6.45) is 3.57. The van der Waals surface area contributed by atoms with Gasteiger partial charge in [-0.1, -0.05) is 13.8 Å². The average molecular weight is 458 g/mol. The summed E-state index contributed by atoms with van der Waals surface area (Å²) in [7, 11) is 1.63. The van der Waals surface area contributed by atoms with Crippen LogP contribution in [0.2, 0.25) is 0 Å². The molecule has 0 saturated heterocycles. The van der Waals surface area contributed by atoms with E-state index in [9.17, 15) is 24.9 Å². The SMILES string of the molecule is COCC(C)(C)[C@@H]1Cc2cc(OC3CC(CO)C3)c(CO)cc2-c2cc(=O)c(C(=O)O)cn21. The van der Waals surface area contributed by atoms with Crippen LogP contribution in [0, 0.1) is 11.3 Å². The lowest BCUT2D eigenvalue weighted by Gasteiger charge is -2.41. The van der Waals surface area contributed by atoms with Crippen LogP contribution in [0.25, 0.3) is 11.3 Å². The number of pyridine rings is 1. The lowest BCUT2D eigenvalue weighted by molar-refractivity contribution is 0.0310. The quantitative estimate of drug-likeness (QED) is 0.558. The minimum atomic E-state index is -1.26. The molecule has 1 saturated carbocycles. The van der Waals surface area contributed by atoms with E-state index >= 15 is 0 Å². The molecular formula is C25H31NO7. The molecule has 1 aromatic carbocycles. The number of aromatic carboxylic acids is 1. The van der Waals surface area contributed by atoms with E-state index in [4.69, 9.17) is 9.47 Å². The Kier molecular flexibility index (Phi) is 6.35. The Morgan fingerprint density at radius 2 is 1.94 bits per heavy atom. The second kappa shape index (κ2) is 8.93. The monoisotopic (exact) mass is 457 g/mol. The van der Waals surface area contributed by atoms with E-state index in [1.165, 1.54) is 12.3 Å². The summed E-state index contributed by atoms with van der Waals surface area (Å²) in [5.41, 5.74) is 1.79. The van der Waals surface area contributed by atoms with Crippen molar-refractivity contribution in [3.8, 4) is 17.0 Å². The molecule has 2 aliphatic rings. The van der Waals surface area contributed by atoms with Gasteiger partial charge >= 0.3 is 5.97 Å². The van der Waals surface area contributed by atoms with Crippen LogP contribution in [0.4, 0.5) is 0 Å². The third-order valence-electron chi connectivity index (χ3n) is 6.95. The van der Waals surface area contributed by atoms with E-state index < -0.39 is 11.4 Å². The minimum absolute atomic E-state index is 0.00264. The number of aliphatic hydroxyl groups is 2. The topological polar surface area (TPSA) is 118 Å². The highest BCUT2D eigenvalue weighted by Crippen LogP contribution is 2.45. The Balaban J connectivity index is 1.82. The number of aliphatic hydroxyl groups excluding tert-OH is 2. The molecule has 1 fully saturated rings. The summed E-state index contributed by atoms with van der Waals surface area (Å²) < 4.78 is 13.5. The molecule has 0 bridgehead atoms. The van der Waals surface area contributed by atoms with E-state index in [2.05, 4.69) is 13.8 Å². The number of carbonyl (C=O) groups is 1. The number of methoxy groups -OCH3 is 1. The Hall–Kier alpha value is -2.68. The molecule has 8 heteroatoms. The van der Waals surface area contributed by atoms with Crippen molar-refractivity contribution in [3.05, 3.63) is 51.3 Å². The Labute approximate surface area is 192 Å². The van der Waals surface area contributed by atoms with Crippen LogP contribution in [0.1, 0.15) is 54.2 Å². The maximum atomic E-state index is 12.6. The molecule has 2 aromatic rings. The summed E-state index contributed by atoms with van der Waals surface area (Å²) in [5, 5.41) is 28.8. The van der Waals surface area contributed by atoms with Crippen molar-refractivity contribution in [1.82, 2.24) is 4.57 Å². The number of fused-ring (bicyclic) bond motifs is 3. The van der Waals surface area contributed by atoms with Gasteiger partial charge in [0.2, 0.25) is 0 Å². The summed E-state index contributed by atoms with van der Waals surface area (Å²) in [6.45, 7) is 4.48. The molecule has 4 rings (SSSR count). The first kappa shape index (κ1) is 23.5. The molecule has 1 aliphatic carbocycles. The van der Waals surface area contributed by atoms with Gasteiger partial charge in [0.05, 0.1) is 25.0 Å². The zero-order valence-electron chi connectivity index (χ0n) is 19.2. The van der Waals surface area contributed by atoms with Gasteiger partial charge in [-0.05, 0) is 42.9 Å². The van der Waals surface area contributed by atoms with Crippen molar-refractivity contribution in [2.45, 2.75) is 51.9 Å². The van der Waals surface area contributed by atoms with Crippen LogP contribution in [-0.4, -0.2) is 52.3 Å². The van der Waals surface area contributed by atoms with Crippen LogP contribution in [0.3, 0.4) is 0 Å². The van der Waals surface area contributed by atoms with Gasteiger partial charge < -0.3 is 29.4 Å². The normalized spacial score (nSPS) is 21.7. The number of rotatable bonds is 8. The predicted octanol–water partition coefficient (Wildman–Crippen LogP) is 2.63. The number of carboxylic acids is 1. The molecule has 1 atom stereocenters. The molecule has 33 heavy (non-hydrogen) atoms. The van der Waals surface area contributed by atoms with Crippen molar-refractivity contribution < 1.29 is 29.6 Å². The first-order valence-electron chi connectivity index (χ1n) is 11.2. The number of benzene rings is 1. The second-order valence-corrected chi connectivity index (χ2v) is 9.83. The van der Waals surface area contributed by atoms with Gasteiger partial charge in [-0.3, -0.25) is 4.79 Å². The summed E-state index contributed by atoms with van der Waals surface area (Å²) in [5.74, 6) is -0.392. The molecule has 0 amide bonds. The van der Waals surface area contributed by atoms with E-state index in [0.29, 0.717) is 30.0 Å². The van der Waals surface area contributed by atoms with Gasteiger partial charge in [0.1, 0.15) is 11.3 Å². The third kappa shape index (κ3) is 4.30. The molecule has 2 heterocycles. The number of aromatic nitrogens is 1. The molecule has 0 radical (unpaired) electrons. The van der Waals surface area contributed by atoms with Gasteiger partial charge in [0.25, 0.3) is 0 Å². The summed E-state index contributed by atoms with van der Waals surface area (Å²) in [4.78, 5) is 24.2. The summed E-state index contributed by atoms with van der Waals surface area (Å²) in [6, 6.07) is 4.98. The largest absolute Gasteiger partial charge is 0.490 e. The highest BCUT2D eigenvalue weighted by molar-refractivity contribution is 5.87. The third-order valence-corrected chi connectivity index (χ3v) is 6.95. The molecule has 8 nitrogen and oxygen atoms in total. The van der Waals surface area contributed by atoms with E-state index in [1.54, 1.807) is 7.11 Å². The Bertz CT molecular complexity index is 1110. The Morgan fingerprint density at radius 3 is 2.55 bits per heavy atom. The van der Waals surface area contributed by atoms with Crippen molar-refractivity contribution in [2.75, 3.05) is 20.3 Å². The number of nitrogens with zero attached hydrogens (tertiary/aromatic N) is 1. The van der Waals surface area contributed by atoms with Crippen LogP contribution in [-0.2, 0) is 17.8 Å². The molecule has 1 aromatic heterocycles. The maximum absolute atomic E-state index is 12.6. The molecule has 3 N–H and O–H groups in total. The van der Waals surface area contributed by atoms with Gasteiger partial charge in [0.15, 0.2) is 5.43 Å². The fourth-order valence-electron chi connectivity index (χ4n) is 5.02. The highest BCUT2D eigenvalue weighted by Gasteiger charge is 2.37. The van der Waals surface area contributed by atoms with E-state index in [-0.39, 0.29) is 42.3 Å². The molecule has 0 unspecified atom stereocenters. The lowest BCUT2D eigenvalue weighted by atomic mass is 9.77. The minimum Gasteiger partial charge on any atom is -0.490 e. The number of ether oxygens (including phenoxy) is 2. The second-order valence-electron chi connectivity index (χ2n) is 9.83. The van der Waals surface area contributed by atoms with Crippen LogP contribution >= 0.6 is 0 Å². The van der Waals surface area contributed by atoms with Crippen molar-refractivity contribution in [2.24, 2.45) is 11.3 Å². The Morgan fingerprint density at radius 1 is 1.21 bits per heavy atom. The molecule has 0 spiro atoms. The first-order valence-corrected chi connectivity index (χ1v) is 11.2. The average Bonchev–Trinajstić information content (AvgIpc) is 2.74. The first-order chi connectivity index (χ1) is 15.7. The standard InChI is InChI=1S/C25H31NO7/c1-25(2,13-32-3)23-8-15-7-22(33-17-4-14(5-17)11-27)16(12-28)6-18(15)20-9-21(29)19(24(30)31)10-26(20)23/h6-7,9-10,14,17,23,27-28H,4-5,8,11-13H2,1-3H3,(H,30,31)/t14?,17?,23-/m0/s1. The smallest absolute Gasteiger partial charge is 0.341 e. The van der Waals surface area contributed by atoms with Crippen molar-refractivity contribution >= 4 is 5.97 Å². The maximum Gasteiger partial charge on any atom is 0.341 e. The highest BCUT2D eigenvalue weighted by atomic mass is 16.5. The van der Waals surface area contributed by atoms with Crippen molar-refractivity contribution in [1.29, 1.82) is 0 Å². The number of hydrogen-bond acceptors (Lipinski definition) is 6. The van der Waals surface area contributed by atoms with Gasteiger partial charge in [0, 0.05) is 48.6 Å². The molecule has 178 valence electrons. The lowest BCUT2D eigenvalue weighted by Crippen LogP contribution is -2.37. The van der Waals surface area contributed by atoms with Crippen LogP contribution in [0.15, 0.2) is 29.2 Å². The zero-order chi connectivity index (χ0) is 23.9. The predicted molar refractivity (Wildman–Crippen MR) is 122 cm³/mol. The number of carboxylic acid groups (broad SMARTS) is 1. The summed E-state index contributed by atoms with van der Waals surface area (Å²) >= 11 is 0. The van der Waals surface area contributed by atoms with Crippen molar-refractivity contribution in [3.63, 3.8) is 0 Å². The van der Waals surface area contributed by atoms with E-state index in [0.717, 1.165) is 24.0 Å². The van der Waals surface area contributed by atoms with Gasteiger partial charge in [-0.15, -0.1) is 0 Å². The fourth-order valence-corrected chi connectivity index (χ4v) is 5.02. The van der Waals surface area contributed by atoms with E-state index in [1.807, 2.05) is 16.7 Å².